The number of aryl methyl sites for hydroxylation is 4. The van der Waals surface area contributed by atoms with Crippen molar-refractivity contribution >= 4 is 17.3 Å². The summed E-state index contributed by atoms with van der Waals surface area (Å²) in [6.07, 6.45) is -1.35. The van der Waals surface area contributed by atoms with Crippen molar-refractivity contribution in [3.8, 4) is 11.5 Å². The molecule has 10 heteroatoms. The number of halogens is 4. The minimum absolute atomic E-state index is 0.0189. The molecular formula is C34H30F4O6. The van der Waals surface area contributed by atoms with E-state index in [0.717, 1.165) is 11.1 Å². The lowest BCUT2D eigenvalue weighted by Crippen LogP contribution is -2.15. The van der Waals surface area contributed by atoms with E-state index in [1.807, 2.05) is 26.0 Å². The van der Waals surface area contributed by atoms with Gasteiger partial charge in [-0.25, -0.2) is 0 Å². The maximum absolute atomic E-state index is 12.3. The Morgan fingerprint density at radius 3 is 1.52 bits per heavy atom. The Hall–Kier alpha value is -4.83. The molecule has 0 saturated heterocycles. The third-order valence-electron chi connectivity index (χ3n) is 6.42. The molecule has 4 aromatic rings. The average Bonchev–Trinajstić information content (AvgIpc) is 2.97. The number of carbonyl (C=O) groups excluding carboxylic acids is 3. The molecule has 0 aromatic heterocycles. The van der Waals surface area contributed by atoms with E-state index in [1.165, 1.54) is 43.3 Å². The van der Waals surface area contributed by atoms with Crippen molar-refractivity contribution in [3.05, 3.63) is 129 Å². The lowest BCUT2D eigenvalue weighted by atomic mass is 9.97. The molecule has 6 nitrogen and oxygen atoms in total. The van der Waals surface area contributed by atoms with Crippen LogP contribution in [0.3, 0.4) is 0 Å². The zero-order valence-corrected chi connectivity index (χ0v) is 24.3. The van der Waals surface area contributed by atoms with Crippen LogP contribution in [0.5, 0.6) is 11.5 Å². The van der Waals surface area contributed by atoms with Gasteiger partial charge in [-0.3, -0.25) is 14.4 Å². The van der Waals surface area contributed by atoms with Crippen LogP contribution >= 0.6 is 0 Å². The summed E-state index contributed by atoms with van der Waals surface area (Å²) in [7, 11) is 0. The number of ketones is 3. The molecule has 0 radical (unpaired) electrons. The Morgan fingerprint density at radius 1 is 0.591 bits per heavy atom. The van der Waals surface area contributed by atoms with E-state index in [1.54, 1.807) is 43.3 Å². The minimum atomic E-state index is -2.94. The van der Waals surface area contributed by atoms with Crippen LogP contribution in [0.15, 0.2) is 84.9 Å². The summed E-state index contributed by atoms with van der Waals surface area (Å²) in [5.41, 5.74) is 3.76. The van der Waals surface area contributed by atoms with Gasteiger partial charge in [-0.1, -0.05) is 53.6 Å². The molecular weight excluding hydrogens is 580 g/mol. The predicted octanol–water partition coefficient (Wildman–Crippen LogP) is 7.79. The van der Waals surface area contributed by atoms with Gasteiger partial charge in [0.05, 0.1) is 0 Å². The number of rotatable bonds is 10. The highest BCUT2D eigenvalue weighted by Crippen LogP contribution is 2.26. The first-order valence-electron chi connectivity index (χ1n) is 13.3. The molecule has 0 heterocycles. The van der Waals surface area contributed by atoms with Crippen molar-refractivity contribution in [1.82, 2.24) is 0 Å². The highest BCUT2D eigenvalue weighted by molar-refractivity contribution is 6.49. The van der Waals surface area contributed by atoms with Gasteiger partial charge in [0, 0.05) is 16.7 Å². The summed E-state index contributed by atoms with van der Waals surface area (Å²) in [6.45, 7) is 0.931. The van der Waals surface area contributed by atoms with Crippen LogP contribution in [-0.4, -0.2) is 35.7 Å². The van der Waals surface area contributed by atoms with Crippen LogP contribution in [0.25, 0.3) is 0 Å². The first-order chi connectivity index (χ1) is 20.8. The first kappa shape index (κ1) is 33.7. The summed E-state index contributed by atoms with van der Waals surface area (Å²) < 4.78 is 57.5. The van der Waals surface area contributed by atoms with Crippen molar-refractivity contribution in [2.45, 2.75) is 47.0 Å². The number of Topliss-reactive ketones (excluding diaryl/α,β-unsaturated/α-hetero) is 3. The Bertz CT molecular complexity index is 1650. The van der Waals surface area contributed by atoms with Crippen molar-refractivity contribution in [2.75, 3.05) is 0 Å². The quantitative estimate of drug-likeness (QED) is 0.112. The van der Waals surface area contributed by atoms with Gasteiger partial charge in [-0.2, -0.15) is 17.6 Å². The number of benzene rings is 4. The van der Waals surface area contributed by atoms with Crippen LogP contribution in [0.1, 0.15) is 65.0 Å². The molecule has 0 bridgehead atoms. The van der Waals surface area contributed by atoms with Crippen molar-refractivity contribution in [1.29, 1.82) is 0 Å². The zero-order chi connectivity index (χ0) is 32.6. The van der Waals surface area contributed by atoms with E-state index in [-0.39, 0.29) is 17.1 Å². The van der Waals surface area contributed by atoms with Crippen LogP contribution in [0.4, 0.5) is 17.6 Å². The average molecular weight is 611 g/mol. The lowest BCUT2D eigenvalue weighted by molar-refractivity contribution is -0.0509. The molecule has 0 fully saturated rings. The fourth-order valence-electron chi connectivity index (χ4n) is 4.25. The molecule has 0 aliphatic rings. The molecule has 1 unspecified atom stereocenters. The molecule has 0 spiro atoms. The fraction of sp³-hybridized carbons (Fsp3) is 0.206. The van der Waals surface area contributed by atoms with E-state index in [2.05, 4.69) is 9.47 Å². The van der Waals surface area contributed by atoms with Gasteiger partial charge in [-0.05, 0) is 86.8 Å². The molecule has 0 aliphatic heterocycles. The molecule has 230 valence electrons. The minimum Gasteiger partial charge on any atom is -0.435 e. The number of aliphatic hydroxyl groups is 1. The summed E-state index contributed by atoms with van der Waals surface area (Å²) >= 11 is 0. The maximum Gasteiger partial charge on any atom is 0.387 e. The van der Waals surface area contributed by atoms with Gasteiger partial charge >= 0.3 is 13.2 Å². The van der Waals surface area contributed by atoms with Gasteiger partial charge in [0.2, 0.25) is 11.6 Å². The third-order valence-corrected chi connectivity index (χ3v) is 6.42. The highest BCUT2D eigenvalue weighted by Gasteiger charge is 2.21. The molecule has 0 saturated carbocycles. The Labute approximate surface area is 251 Å². The standard InChI is InChI=1S/C17H16F2O3.C17H14F2O3/c2*1-10-4-3-5-12(8-10)15(20)16(21)13-6-7-14(11(2)9-13)22-17(18)19/h3-9,16-17,21H,1-2H3;3-9,17H,1-2H3. The second-order valence-electron chi connectivity index (χ2n) is 9.93. The van der Waals surface area contributed by atoms with Gasteiger partial charge < -0.3 is 14.6 Å². The number of aliphatic hydroxyl groups excluding tert-OH is 1. The van der Waals surface area contributed by atoms with Crippen molar-refractivity contribution < 1.29 is 46.5 Å². The normalized spacial score (nSPS) is 11.4. The maximum atomic E-state index is 12.3. The second kappa shape index (κ2) is 15.1. The van der Waals surface area contributed by atoms with E-state index in [4.69, 9.17) is 0 Å². The molecule has 4 rings (SSSR count). The van der Waals surface area contributed by atoms with Gasteiger partial charge in [0.15, 0.2) is 5.78 Å². The number of carbonyl (C=O) groups is 3. The summed E-state index contributed by atoms with van der Waals surface area (Å²) in [5.74, 6) is -1.75. The molecule has 1 N–H and O–H groups in total. The van der Waals surface area contributed by atoms with Gasteiger partial charge in [0.1, 0.15) is 17.6 Å². The van der Waals surface area contributed by atoms with Crippen LogP contribution in [-0.2, 0) is 0 Å². The molecule has 0 amide bonds. The predicted molar refractivity (Wildman–Crippen MR) is 156 cm³/mol. The van der Waals surface area contributed by atoms with Crippen molar-refractivity contribution in [2.24, 2.45) is 0 Å². The van der Waals surface area contributed by atoms with E-state index in [9.17, 15) is 37.1 Å². The van der Waals surface area contributed by atoms with Crippen LogP contribution < -0.4 is 9.47 Å². The third kappa shape index (κ3) is 9.08. The Kier molecular flexibility index (Phi) is 11.5. The van der Waals surface area contributed by atoms with Crippen LogP contribution in [0, 0.1) is 27.7 Å². The van der Waals surface area contributed by atoms with Gasteiger partial charge in [0.25, 0.3) is 0 Å². The first-order valence-corrected chi connectivity index (χ1v) is 13.3. The lowest BCUT2D eigenvalue weighted by Gasteiger charge is -2.13. The monoisotopic (exact) mass is 610 g/mol. The number of hydrogen-bond donors (Lipinski definition) is 1. The van der Waals surface area contributed by atoms with Crippen molar-refractivity contribution in [3.63, 3.8) is 0 Å². The van der Waals surface area contributed by atoms with E-state index in [0.29, 0.717) is 27.8 Å². The Balaban J connectivity index is 0.000000240. The fourth-order valence-corrected chi connectivity index (χ4v) is 4.25. The van der Waals surface area contributed by atoms with E-state index < -0.39 is 36.7 Å². The summed E-state index contributed by atoms with van der Waals surface area (Å²) in [5, 5.41) is 10.2. The topological polar surface area (TPSA) is 89.9 Å². The SMILES string of the molecule is Cc1cccc(C(=O)C(=O)c2ccc(OC(F)F)c(C)c2)c1.Cc1cccc(C(=O)C(O)c2ccc(OC(F)F)c(C)c2)c1. The molecule has 44 heavy (non-hydrogen) atoms. The summed E-state index contributed by atoms with van der Waals surface area (Å²) in [4.78, 5) is 36.6. The molecule has 1 atom stereocenters. The summed E-state index contributed by atoms with van der Waals surface area (Å²) in [6, 6.07) is 21.7. The molecule has 0 aliphatic carbocycles. The second-order valence-corrected chi connectivity index (χ2v) is 9.93. The Morgan fingerprint density at radius 2 is 1.05 bits per heavy atom. The van der Waals surface area contributed by atoms with Gasteiger partial charge in [-0.15, -0.1) is 0 Å². The number of ether oxygens (including phenoxy) is 2. The molecule has 4 aromatic carbocycles. The largest absolute Gasteiger partial charge is 0.435 e. The highest BCUT2D eigenvalue weighted by atomic mass is 19.3. The van der Waals surface area contributed by atoms with Crippen LogP contribution in [0.2, 0.25) is 0 Å². The number of alkyl halides is 4. The van der Waals surface area contributed by atoms with E-state index >= 15 is 0 Å². The number of hydrogen-bond acceptors (Lipinski definition) is 6. The smallest absolute Gasteiger partial charge is 0.387 e. The zero-order valence-electron chi connectivity index (χ0n) is 24.3.